The van der Waals surface area contributed by atoms with Crippen molar-refractivity contribution in [1.29, 1.82) is 0 Å². The van der Waals surface area contributed by atoms with Gasteiger partial charge in [0, 0.05) is 5.02 Å². The average molecular weight is 272 g/mol. The van der Waals surface area contributed by atoms with Crippen molar-refractivity contribution >= 4 is 23.5 Å². The summed E-state index contributed by atoms with van der Waals surface area (Å²) in [5.41, 5.74) is 0.807. The molecule has 1 atom stereocenters. The highest BCUT2D eigenvalue weighted by Gasteiger charge is 2.14. The van der Waals surface area contributed by atoms with Crippen LogP contribution in [0.2, 0.25) is 5.02 Å². The van der Waals surface area contributed by atoms with Gasteiger partial charge in [0.1, 0.15) is 11.8 Å². The number of hydrogen-bond acceptors (Lipinski definition) is 3. The van der Waals surface area contributed by atoms with Gasteiger partial charge in [0.15, 0.2) is 6.61 Å². The standard InChI is InChI=1S/C12H14ClNO4/c1-7-5-9(13)3-4-10(7)18-6-11(15)14-8(2)12(16)17/h3-5,8H,6H2,1-2H3,(H,14,15)(H,16,17). The van der Waals surface area contributed by atoms with Crippen LogP contribution in [-0.4, -0.2) is 29.6 Å². The molecule has 0 radical (unpaired) electrons. The molecule has 0 bridgehead atoms. The molecule has 0 aromatic heterocycles. The van der Waals surface area contributed by atoms with Crippen LogP contribution in [0, 0.1) is 6.92 Å². The largest absolute Gasteiger partial charge is 0.484 e. The number of rotatable bonds is 5. The van der Waals surface area contributed by atoms with Crippen molar-refractivity contribution in [3.05, 3.63) is 28.8 Å². The van der Waals surface area contributed by atoms with Gasteiger partial charge in [-0.3, -0.25) is 9.59 Å². The van der Waals surface area contributed by atoms with Gasteiger partial charge in [-0.1, -0.05) is 11.6 Å². The summed E-state index contributed by atoms with van der Waals surface area (Å²) in [6.07, 6.45) is 0. The van der Waals surface area contributed by atoms with Crippen LogP contribution >= 0.6 is 11.6 Å². The Bertz CT molecular complexity index is 461. The number of carbonyl (C=O) groups excluding carboxylic acids is 1. The van der Waals surface area contributed by atoms with E-state index in [1.54, 1.807) is 25.1 Å². The molecule has 0 heterocycles. The van der Waals surface area contributed by atoms with Crippen molar-refractivity contribution < 1.29 is 19.4 Å². The fourth-order valence-corrected chi connectivity index (χ4v) is 1.49. The minimum Gasteiger partial charge on any atom is -0.484 e. The number of carbonyl (C=O) groups is 2. The molecular weight excluding hydrogens is 258 g/mol. The minimum atomic E-state index is -1.09. The summed E-state index contributed by atoms with van der Waals surface area (Å²) < 4.78 is 5.27. The van der Waals surface area contributed by atoms with Gasteiger partial charge in [0.25, 0.3) is 5.91 Å². The lowest BCUT2D eigenvalue weighted by atomic mass is 10.2. The highest BCUT2D eigenvalue weighted by molar-refractivity contribution is 6.30. The van der Waals surface area contributed by atoms with E-state index in [2.05, 4.69) is 5.32 Å². The number of amides is 1. The number of hydrogen-bond donors (Lipinski definition) is 2. The van der Waals surface area contributed by atoms with Crippen LogP contribution in [0.15, 0.2) is 18.2 Å². The van der Waals surface area contributed by atoms with E-state index in [0.717, 1.165) is 5.56 Å². The Kier molecular flexibility index (Phi) is 4.97. The molecule has 18 heavy (non-hydrogen) atoms. The molecule has 0 saturated heterocycles. The van der Waals surface area contributed by atoms with Crippen molar-refractivity contribution in [3.8, 4) is 5.75 Å². The Hall–Kier alpha value is -1.75. The van der Waals surface area contributed by atoms with Crippen LogP contribution in [0.25, 0.3) is 0 Å². The third kappa shape index (κ3) is 4.25. The average Bonchev–Trinajstić information content (AvgIpc) is 2.27. The van der Waals surface area contributed by atoms with Gasteiger partial charge in [-0.05, 0) is 37.6 Å². The zero-order chi connectivity index (χ0) is 13.7. The van der Waals surface area contributed by atoms with E-state index in [0.29, 0.717) is 10.8 Å². The quantitative estimate of drug-likeness (QED) is 0.853. The lowest BCUT2D eigenvalue weighted by Gasteiger charge is -2.11. The summed E-state index contributed by atoms with van der Waals surface area (Å²) in [4.78, 5) is 21.9. The zero-order valence-electron chi connectivity index (χ0n) is 10.1. The molecule has 1 rings (SSSR count). The Morgan fingerprint density at radius 3 is 2.72 bits per heavy atom. The molecule has 0 aliphatic rings. The van der Waals surface area contributed by atoms with Crippen LogP contribution in [0.3, 0.4) is 0 Å². The monoisotopic (exact) mass is 271 g/mol. The molecule has 0 aliphatic heterocycles. The van der Waals surface area contributed by atoms with Crippen LogP contribution in [0.4, 0.5) is 0 Å². The highest BCUT2D eigenvalue weighted by Crippen LogP contribution is 2.21. The SMILES string of the molecule is Cc1cc(Cl)ccc1OCC(=O)NC(C)C(=O)O. The van der Waals surface area contributed by atoms with Crippen LogP contribution in [-0.2, 0) is 9.59 Å². The predicted octanol–water partition coefficient (Wildman–Crippen LogP) is 1.62. The first kappa shape index (κ1) is 14.3. The van der Waals surface area contributed by atoms with Crippen molar-refractivity contribution in [2.75, 3.05) is 6.61 Å². The lowest BCUT2D eigenvalue weighted by Crippen LogP contribution is -2.40. The van der Waals surface area contributed by atoms with Crippen molar-refractivity contribution in [2.45, 2.75) is 19.9 Å². The molecular formula is C12H14ClNO4. The summed E-state index contributed by atoms with van der Waals surface area (Å²) in [7, 11) is 0. The number of aliphatic carboxylic acids is 1. The minimum absolute atomic E-state index is 0.236. The number of carboxylic acids is 1. The number of carboxylic acid groups (broad SMARTS) is 1. The maximum Gasteiger partial charge on any atom is 0.325 e. The Morgan fingerprint density at radius 1 is 1.50 bits per heavy atom. The van der Waals surface area contributed by atoms with Crippen LogP contribution in [0.1, 0.15) is 12.5 Å². The van der Waals surface area contributed by atoms with Crippen molar-refractivity contribution in [3.63, 3.8) is 0 Å². The Morgan fingerprint density at radius 2 is 2.17 bits per heavy atom. The van der Waals surface area contributed by atoms with E-state index in [9.17, 15) is 9.59 Å². The summed E-state index contributed by atoms with van der Waals surface area (Å²) >= 11 is 5.78. The second-order valence-corrected chi connectivity index (χ2v) is 4.26. The molecule has 1 amide bonds. The molecule has 5 nitrogen and oxygen atoms in total. The van der Waals surface area contributed by atoms with E-state index in [4.69, 9.17) is 21.4 Å². The maximum atomic E-state index is 11.4. The van der Waals surface area contributed by atoms with Gasteiger partial charge in [-0.15, -0.1) is 0 Å². The number of benzene rings is 1. The Labute approximate surface area is 110 Å². The number of nitrogens with one attached hydrogen (secondary N) is 1. The summed E-state index contributed by atoms with van der Waals surface area (Å²) in [6, 6.07) is 4.09. The molecule has 0 saturated carbocycles. The smallest absolute Gasteiger partial charge is 0.325 e. The first-order chi connectivity index (χ1) is 8.40. The first-order valence-electron chi connectivity index (χ1n) is 5.31. The van der Waals surface area contributed by atoms with Gasteiger partial charge >= 0.3 is 5.97 Å². The van der Waals surface area contributed by atoms with Crippen molar-refractivity contribution in [1.82, 2.24) is 5.32 Å². The molecule has 98 valence electrons. The second-order valence-electron chi connectivity index (χ2n) is 3.83. The number of halogens is 1. The van der Waals surface area contributed by atoms with E-state index in [1.807, 2.05) is 0 Å². The highest BCUT2D eigenvalue weighted by atomic mass is 35.5. The molecule has 1 unspecified atom stereocenters. The van der Waals surface area contributed by atoms with E-state index >= 15 is 0 Å². The van der Waals surface area contributed by atoms with Gasteiger partial charge in [0.2, 0.25) is 0 Å². The van der Waals surface area contributed by atoms with E-state index < -0.39 is 17.9 Å². The van der Waals surface area contributed by atoms with E-state index in [-0.39, 0.29) is 6.61 Å². The summed E-state index contributed by atoms with van der Waals surface area (Å²) in [5, 5.41) is 11.5. The normalized spacial score (nSPS) is 11.7. The Balaban J connectivity index is 2.50. The molecule has 6 heteroatoms. The molecule has 0 fully saturated rings. The first-order valence-corrected chi connectivity index (χ1v) is 5.69. The van der Waals surface area contributed by atoms with Crippen LogP contribution < -0.4 is 10.1 Å². The zero-order valence-corrected chi connectivity index (χ0v) is 10.8. The summed E-state index contributed by atoms with van der Waals surface area (Å²) in [6.45, 7) is 2.95. The van der Waals surface area contributed by atoms with Gasteiger partial charge < -0.3 is 15.2 Å². The van der Waals surface area contributed by atoms with Crippen LogP contribution in [0.5, 0.6) is 5.75 Å². The second kappa shape index (κ2) is 6.26. The molecule has 0 aliphatic carbocycles. The molecule has 1 aromatic rings. The van der Waals surface area contributed by atoms with Crippen molar-refractivity contribution in [2.24, 2.45) is 0 Å². The van der Waals surface area contributed by atoms with E-state index in [1.165, 1.54) is 6.92 Å². The lowest BCUT2D eigenvalue weighted by molar-refractivity contribution is -0.141. The maximum absolute atomic E-state index is 11.4. The fraction of sp³-hybridized carbons (Fsp3) is 0.333. The molecule has 1 aromatic carbocycles. The third-order valence-electron chi connectivity index (χ3n) is 2.24. The third-order valence-corrected chi connectivity index (χ3v) is 2.48. The summed E-state index contributed by atoms with van der Waals surface area (Å²) in [5.74, 6) is -1.04. The van der Waals surface area contributed by atoms with Gasteiger partial charge in [-0.25, -0.2) is 0 Å². The number of ether oxygens (including phenoxy) is 1. The number of aryl methyl sites for hydroxylation is 1. The predicted molar refractivity (Wildman–Crippen MR) is 66.9 cm³/mol. The topological polar surface area (TPSA) is 75.6 Å². The fourth-order valence-electron chi connectivity index (χ4n) is 1.26. The molecule has 0 spiro atoms. The van der Waals surface area contributed by atoms with Gasteiger partial charge in [0.05, 0.1) is 0 Å². The van der Waals surface area contributed by atoms with Gasteiger partial charge in [-0.2, -0.15) is 0 Å². The molecule has 2 N–H and O–H groups in total.